The molecule has 2 aliphatic rings. The summed E-state index contributed by atoms with van der Waals surface area (Å²) < 4.78 is 2.10. The standard InChI is InChI=1S/C20H17N3O/c1-22(2)15-8-10-17-19(12-15)23(14-6-4-3-5-7-14)20-13-16(24)9-11-18(20)21-17/h3-13H,1-2H3. The molecule has 0 aromatic heterocycles. The molecule has 1 heterocycles. The van der Waals surface area contributed by atoms with Crippen molar-refractivity contribution in [3.8, 4) is 17.1 Å². The Kier molecular flexibility index (Phi) is 3.31. The molecule has 0 saturated carbocycles. The third-order valence-corrected chi connectivity index (χ3v) is 4.16. The molecule has 0 amide bonds. The highest BCUT2D eigenvalue weighted by Gasteiger charge is 2.15. The molecule has 2 aromatic rings. The van der Waals surface area contributed by atoms with E-state index in [2.05, 4.69) is 21.6 Å². The zero-order valence-corrected chi connectivity index (χ0v) is 13.6. The Balaban J connectivity index is 2.19. The van der Waals surface area contributed by atoms with Crippen LogP contribution in [0.4, 0.5) is 5.69 Å². The number of rotatable bonds is 2. The van der Waals surface area contributed by atoms with E-state index in [1.165, 1.54) is 0 Å². The molecule has 118 valence electrons. The molecule has 0 atom stereocenters. The lowest BCUT2D eigenvalue weighted by atomic mass is 10.1. The largest absolute Gasteiger partial charge is 0.378 e. The SMILES string of the molecule is CN(C)c1ccc2nc3ccc(=O)cc-3n(-c3ccccc3)c2c1. The molecule has 0 radical (unpaired) electrons. The minimum atomic E-state index is -0.0166. The Morgan fingerprint density at radius 2 is 1.71 bits per heavy atom. The number of fused-ring (bicyclic) bond motifs is 2. The van der Waals surface area contributed by atoms with E-state index in [0.29, 0.717) is 0 Å². The normalized spacial score (nSPS) is 11.1. The Hall–Kier alpha value is -3.14. The Labute approximate surface area is 140 Å². The van der Waals surface area contributed by atoms with Gasteiger partial charge in [0.05, 0.1) is 22.4 Å². The smallest absolute Gasteiger partial charge is 0.180 e. The predicted octanol–water partition coefficient (Wildman–Crippen LogP) is 3.56. The Morgan fingerprint density at radius 1 is 0.917 bits per heavy atom. The van der Waals surface area contributed by atoms with Crippen molar-refractivity contribution in [2.24, 2.45) is 0 Å². The van der Waals surface area contributed by atoms with Crippen LogP contribution in [0.25, 0.3) is 28.1 Å². The Bertz CT molecular complexity index is 1050. The molecule has 24 heavy (non-hydrogen) atoms. The van der Waals surface area contributed by atoms with E-state index in [-0.39, 0.29) is 5.43 Å². The van der Waals surface area contributed by atoms with Crippen LogP contribution in [0.3, 0.4) is 0 Å². The van der Waals surface area contributed by atoms with E-state index in [1.54, 1.807) is 18.2 Å². The lowest BCUT2D eigenvalue weighted by Gasteiger charge is -2.20. The van der Waals surface area contributed by atoms with Crippen LogP contribution in [0.2, 0.25) is 0 Å². The summed E-state index contributed by atoms with van der Waals surface area (Å²) in [5.74, 6) is 0. The molecule has 2 aromatic carbocycles. The molecule has 0 N–H and O–H groups in total. The van der Waals surface area contributed by atoms with Crippen molar-refractivity contribution < 1.29 is 0 Å². The molecule has 4 rings (SSSR count). The number of hydrogen-bond acceptors (Lipinski definition) is 3. The molecule has 1 aliphatic heterocycles. The van der Waals surface area contributed by atoms with E-state index in [4.69, 9.17) is 4.98 Å². The average molecular weight is 315 g/mol. The van der Waals surface area contributed by atoms with E-state index >= 15 is 0 Å². The quantitative estimate of drug-likeness (QED) is 0.531. The first-order valence-electron chi connectivity index (χ1n) is 7.83. The molecule has 0 saturated heterocycles. The van der Waals surface area contributed by atoms with Crippen LogP contribution in [0.1, 0.15) is 0 Å². The highest BCUT2D eigenvalue weighted by atomic mass is 16.1. The summed E-state index contributed by atoms with van der Waals surface area (Å²) in [4.78, 5) is 18.7. The van der Waals surface area contributed by atoms with Gasteiger partial charge in [-0.05, 0) is 42.5 Å². The van der Waals surface area contributed by atoms with Gasteiger partial charge >= 0.3 is 0 Å². The van der Waals surface area contributed by atoms with Crippen LogP contribution >= 0.6 is 0 Å². The second-order valence-electron chi connectivity index (χ2n) is 6.00. The number of benzene rings is 3. The lowest BCUT2D eigenvalue weighted by molar-refractivity contribution is 1.07. The second kappa shape index (κ2) is 5.49. The first kappa shape index (κ1) is 14.5. The molecule has 4 heteroatoms. The molecular formula is C20H17N3O. The highest BCUT2D eigenvalue weighted by molar-refractivity contribution is 5.85. The Morgan fingerprint density at radius 3 is 2.46 bits per heavy atom. The first-order valence-corrected chi connectivity index (χ1v) is 7.83. The average Bonchev–Trinajstić information content (AvgIpc) is 2.60. The molecule has 0 fully saturated rings. The van der Waals surface area contributed by atoms with Gasteiger partial charge in [0, 0.05) is 31.5 Å². The summed E-state index contributed by atoms with van der Waals surface area (Å²) in [5.41, 5.74) is 5.59. The molecule has 0 unspecified atom stereocenters. The maximum absolute atomic E-state index is 11.9. The van der Waals surface area contributed by atoms with Crippen LogP contribution in [0.15, 0.2) is 71.5 Å². The maximum atomic E-state index is 11.9. The zero-order valence-electron chi connectivity index (χ0n) is 13.6. The van der Waals surface area contributed by atoms with Gasteiger partial charge in [0.1, 0.15) is 0 Å². The fourth-order valence-electron chi connectivity index (χ4n) is 2.96. The van der Waals surface area contributed by atoms with Crippen molar-refractivity contribution in [3.63, 3.8) is 0 Å². The van der Waals surface area contributed by atoms with Crippen LogP contribution in [0.5, 0.6) is 0 Å². The first-order chi connectivity index (χ1) is 11.6. The van der Waals surface area contributed by atoms with Gasteiger partial charge < -0.3 is 9.47 Å². The topological polar surface area (TPSA) is 38.1 Å². The molecule has 1 aliphatic carbocycles. The lowest BCUT2D eigenvalue weighted by Crippen LogP contribution is -2.12. The van der Waals surface area contributed by atoms with Gasteiger partial charge in [0.15, 0.2) is 5.43 Å². The van der Waals surface area contributed by atoms with Gasteiger partial charge in [-0.3, -0.25) is 4.79 Å². The van der Waals surface area contributed by atoms with Gasteiger partial charge in [0.25, 0.3) is 0 Å². The number of para-hydroxylation sites is 1. The summed E-state index contributed by atoms with van der Waals surface area (Å²) in [6.45, 7) is 0. The zero-order chi connectivity index (χ0) is 16.7. The minimum Gasteiger partial charge on any atom is -0.378 e. The monoisotopic (exact) mass is 315 g/mol. The summed E-state index contributed by atoms with van der Waals surface area (Å²) in [6.07, 6.45) is 0. The molecule has 4 nitrogen and oxygen atoms in total. The highest BCUT2D eigenvalue weighted by Crippen LogP contribution is 2.30. The summed E-state index contributed by atoms with van der Waals surface area (Å²) in [6, 6.07) is 21.2. The van der Waals surface area contributed by atoms with Crippen LogP contribution in [0, 0.1) is 0 Å². The van der Waals surface area contributed by atoms with Crippen molar-refractivity contribution in [1.82, 2.24) is 9.55 Å². The fraction of sp³-hybridized carbons (Fsp3) is 0.100. The summed E-state index contributed by atoms with van der Waals surface area (Å²) in [5, 5.41) is 0. The third-order valence-electron chi connectivity index (χ3n) is 4.16. The van der Waals surface area contributed by atoms with E-state index < -0.39 is 0 Å². The number of hydrogen-bond donors (Lipinski definition) is 0. The number of aromatic nitrogens is 2. The van der Waals surface area contributed by atoms with Crippen LogP contribution < -0.4 is 10.3 Å². The van der Waals surface area contributed by atoms with E-state index in [0.717, 1.165) is 33.8 Å². The van der Waals surface area contributed by atoms with Crippen LogP contribution in [-0.2, 0) is 0 Å². The van der Waals surface area contributed by atoms with E-state index in [1.807, 2.05) is 50.5 Å². The van der Waals surface area contributed by atoms with E-state index in [9.17, 15) is 4.79 Å². The summed E-state index contributed by atoms with van der Waals surface area (Å²) >= 11 is 0. The predicted molar refractivity (Wildman–Crippen MR) is 98.3 cm³/mol. The van der Waals surface area contributed by atoms with Crippen LogP contribution in [-0.4, -0.2) is 23.6 Å². The van der Waals surface area contributed by atoms with Crippen molar-refractivity contribution in [3.05, 3.63) is 77.0 Å². The van der Waals surface area contributed by atoms with Crippen molar-refractivity contribution >= 4 is 16.7 Å². The maximum Gasteiger partial charge on any atom is 0.180 e. The van der Waals surface area contributed by atoms with Gasteiger partial charge in [-0.25, -0.2) is 4.98 Å². The fourth-order valence-corrected chi connectivity index (χ4v) is 2.96. The number of anilines is 1. The van der Waals surface area contributed by atoms with Crippen molar-refractivity contribution in [1.29, 1.82) is 0 Å². The number of nitrogens with zero attached hydrogens (tertiary/aromatic N) is 3. The molecule has 0 spiro atoms. The minimum absolute atomic E-state index is 0.0166. The molecular weight excluding hydrogens is 298 g/mol. The van der Waals surface area contributed by atoms with Gasteiger partial charge in [-0.2, -0.15) is 0 Å². The van der Waals surface area contributed by atoms with Gasteiger partial charge in [0.2, 0.25) is 0 Å². The summed E-state index contributed by atoms with van der Waals surface area (Å²) in [7, 11) is 4.02. The molecule has 0 bridgehead atoms. The van der Waals surface area contributed by atoms with Gasteiger partial charge in [-0.1, -0.05) is 18.2 Å². The van der Waals surface area contributed by atoms with Crippen molar-refractivity contribution in [2.75, 3.05) is 19.0 Å². The second-order valence-corrected chi connectivity index (χ2v) is 6.00. The van der Waals surface area contributed by atoms with Gasteiger partial charge in [-0.15, -0.1) is 0 Å². The van der Waals surface area contributed by atoms with Crippen molar-refractivity contribution in [2.45, 2.75) is 0 Å². The third kappa shape index (κ3) is 2.33.